The minimum atomic E-state index is 0.112. The van der Waals surface area contributed by atoms with Crippen molar-refractivity contribution < 1.29 is 4.79 Å². The molecule has 6 nitrogen and oxygen atoms in total. The molecule has 2 aromatic rings. The molecule has 2 saturated carbocycles. The van der Waals surface area contributed by atoms with Crippen LogP contribution in [0.15, 0.2) is 36.9 Å². The Labute approximate surface area is 148 Å². The van der Waals surface area contributed by atoms with Gasteiger partial charge in [-0.3, -0.25) is 0 Å². The number of nitrogens with one attached hydrogen (secondary N) is 1. The molecule has 0 atom stereocenters. The van der Waals surface area contributed by atoms with Crippen molar-refractivity contribution in [3.8, 4) is 0 Å². The second kappa shape index (κ2) is 7.25. The number of rotatable bonds is 6. The largest absolute Gasteiger partial charge is 0.334 e. The highest BCUT2D eigenvalue weighted by atomic mass is 16.2. The fourth-order valence-electron chi connectivity index (χ4n) is 3.70. The molecule has 25 heavy (non-hydrogen) atoms. The van der Waals surface area contributed by atoms with Crippen LogP contribution in [0.2, 0.25) is 0 Å². The first kappa shape index (κ1) is 16.1. The zero-order chi connectivity index (χ0) is 17.1. The van der Waals surface area contributed by atoms with Gasteiger partial charge in [-0.2, -0.15) is 5.10 Å². The molecular weight excluding hydrogens is 314 g/mol. The fourth-order valence-corrected chi connectivity index (χ4v) is 3.70. The molecule has 2 amide bonds. The number of urea groups is 1. The fraction of sp³-hybridized carbons (Fsp3) is 0.526. The summed E-state index contributed by atoms with van der Waals surface area (Å²) >= 11 is 0. The van der Waals surface area contributed by atoms with E-state index in [0.717, 1.165) is 5.56 Å². The van der Waals surface area contributed by atoms with Crippen LogP contribution in [0.4, 0.5) is 4.79 Å². The summed E-state index contributed by atoms with van der Waals surface area (Å²) in [4.78, 5) is 18.7. The van der Waals surface area contributed by atoms with Gasteiger partial charge in [0.1, 0.15) is 12.7 Å². The zero-order valence-electron chi connectivity index (χ0n) is 14.5. The Bertz CT molecular complexity index is 687. The minimum absolute atomic E-state index is 0.112. The first-order valence-corrected chi connectivity index (χ1v) is 9.26. The van der Waals surface area contributed by atoms with E-state index in [-0.39, 0.29) is 6.03 Å². The van der Waals surface area contributed by atoms with E-state index in [1.807, 2.05) is 0 Å². The maximum atomic E-state index is 12.7. The molecule has 1 heterocycles. The summed E-state index contributed by atoms with van der Waals surface area (Å²) in [5.74, 6) is 0. The third-order valence-electron chi connectivity index (χ3n) is 5.17. The molecule has 1 N–H and O–H groups in total. The first-order valence-electron chi connectivity index (χ1n) is 9.26. The molecule has 0 unspecified atom stereocenters. The Morgan fingerprint density at radius 2 is 1.76 bits per heavy atom. The number of carbonyl (C=O) groups is 1. The standard InChI is InChI=1S/C19H25N5O/c25-19(24(18-9-10-18)17-3-1-2-4-17)21-11-15-5-7-16(8-6-15)12-23-14-20-13-22-23/h5-8,13-14,17-18H,1-4,9-12H2,(H,21,25). The Hall–Kier alpha value is -2.37. The Balaban J connectivity index is 1.31. The van der Waals surface area contributed by atoms with Crippen LogP contribution in [0.1, 0.15) is 49.7 Å². The number of benzene rings is 1. The van der Waals surface area contributed by atoms with E-state index in [1.165, 1.54) is 44.1 Å². The number of hydrogen-bond donors (Lipinski definition) is 1. The second-order valence-electron chi connectivity index (χ2n) is 7.14. The van der Waals surface area contributed by atoms with Gasteiger partial charge in [0.15, 0.2) is 0 Å². The van der Waals surface area contributed by atoms with Gasteiger partial charge in [0.25, 0.3) is 0 Å². The van der Waals surface area contributed by atoms with Crippen LogP contribution >= 0.6 is 0 Å². The summed E-state index contributed by atoms with van der Waals surface area (Å²) in [6.45, 7) is 1.29. The number of amides is 2. The smallest absolute Gasteiger partial charge is 0.318 e. The topological polar surface area (TPSA) is 63.1 Å². The van der Waals surface area contributed by atoms with Crippen molar-refractivity contribution in [1.29, 1.82) is 0 Å². The molecule has 1 aromatic heterocycles. The van der Waals surface area contributed by atoms with E-state index in [1.54, 1.807) is 17.3 Å². The van der Waals surface area contributed by atoms with Gasteiger partial charge in [0.2, 0.25) is 0 Å². The molecule has 2 aliphatic rings. The monoisotopic (exact) mass is 339 g/mol. The van der Waals surface area contributed by atoms with Gasteiger partial charge >= 0.3 is 6.03 Å². The summed E-state index contributed by atoms with van der Waals surface area (Å²) in [5.41, 5.74) is 2.30. The molecule has 132 valence electrons. The third kappa shape index (κ3) is 4.00. The molecule has 1 aromatic carbocycles. The Morgan fingerprint density at radius 3 is 2.40 bits per heavy atom. The Kier molecular flexibility index (Phi) is 4.68. The van der Waals surface area contributed by atoms with Crippen LogP contribution in [0, 0.1) is 0 Å². The first-order chi connectivity index (χ1) is 12.3. The highest BCUT2D eigenvalue weighted by molar-refractivity contribution is 5.75. The quantitative estimate of drug-likeness (QED) is 0.880. The highest BCUT2D eigenvalue weighted by Gasteiger charge is 2.38. The number of nitrogens with zero attached hydrogens (tertiary/aromatic N) is 4. The molecule has 6 heteroatoms. The molecule has 0 aliphatic heterocycles. The molecule has 2 aliphatic carbocycles. The number of aromatic nitrogens is 3. The van der Waals surface area contributed by atoms with Crippen molar-refractivity contribution in [3.63, 3.8) is 0 Å². The van der Waals surface area contributed by atoms with Crippen molar-refractivity contribution >= 4 is 6.03 Å². The van der Waals surface area contributed by atoms with E-state index in [2.05, 4.69) is 44.6 Å². The molecule has 4 rings (SSSR count). The van der Waals surface area contributed by atoms with Crippen molar-refractivity contribution in [1.82, 2.24) is 25.0 Å². The van der Waals surface area contributed by atoms with Crippen LogP contribution in [-0.2, 0) is 13.1 Å². The summed E-state index contributed by atoms with van der Waals surface area (Å²) in [5, 5.41) is 7.24. The van der Waals surface area contributed by atoms with Crippen molar-refractivity contribution in [2.24, 2.45) is 0 Å². The summed E-state index contributed by atoms with van der Waals surface area (Å²) < 4.78 is 1.80. The Morgan fingerprint density at radius 1 is 1.08 bits per heavy atom. The van der Waals surface area contributed by atoms with Crippen molar-refractivity contribution in [2.75, 3.05) is 0 Å². The lowest BCUT2D eigenvalue weighted by molar-refractivity contribution is 0.170. The normalized spacial score (nSPS) is 17.6. The summed E-state index contributed by atoms with van der Waals surface area (Å²) in [6, 6.07) is 9.36. The van der Waals surface area contributed by atoms with E-state index < -0.39 is 0 Å². The van der Waals surface area contributed by atoms with Gasteiger partial charge in [-0.25, -0.2) is 14.5 Å². The van der Waals surface area contributed by atoms with Crippen LogP contribution in [-0.4, -0.2) is 37.8 Å². The van der Waals surface area contributed by atoms with E-state index >= 15 is 0 Å². The van der Waals surface area contributed by atoms with Crippen LogP contribution in [0.5, 0.6) is 0 Å². The van der Waals surface area contributed by atoms with Gasteiger partial charge < -0.3 is 10.2 Å². The van der Waals surface area contributed by atoms with Gasteiger partial charge in [-0.05, 0) is 36.8 Å². The maximum Gasteiger partial charge on any atom is 0.318 e. The van der Waals surface area contributed by atoms with Crippen molar-refractivity contribution in [2.45, 2.75) is 63.7 Å². The molecule has 2 fully saturated rings. The SMILES string of the molecule is O=C(NCc1ccc(Cn2cncn2)cc1)N(C1CCCC1)C1CC1. The van der Waals surface area contributed by atoms with E-state index in [4.69, 9.17) is 0 Å². The highest BCUT2D eigenvalue weighted by Crippen LogP contribution is 2.34. The van der Waals surface area contributed by atoms with Gasteiger partial charge in [0.05, 0.1) is 6.54 Å². The lowest BCUT2D eigenvalue weighted by atomic mass is 10.1. The molecule has 0 radical (unpaired) electrons. The van der Waals surface area contributed by atoms with Crippen LogP contribution in [0.25, 0.3) is 0 Å². The molecule has 0 spiro atoms. The lowest BCUT2D eigenvalue weighted by Gasteiger charge is -2.29. The third-order valence-corrected chi connectivity index (χ3v) is 5.17. The lowest BCUT2D eigenvalue weighted by Crippen LogP contribution is -2.46. The average Bonchev–Trinajstić information content (AvgIpc) is 3.09. The number of carbonyl (C=O) groups excluding carboxylic acids is 1. The summed E-state index contributed by atoms with van der Waals surface area (Å²) in [7, 11) is 0. The van der Waals surface area contributed by atoms with Crippen molar-refractivity contribution in [3.05, 3.63) is 48.0 Å². The molecule has 0 saturated heterocycles. The van der Waals surface area contributed by atoms with Crippen LogP contribution in [0.3, 0.4) is 0 Å². The average molecular weight is 339 g/mol. The maximum absolute atomic E-state index is 12.7. The van der Waals surface area contributed by atoms with Gasteiger partial charge in [0, 0.05) is 18.6 Å². The zero-order valence-corrected chi connectivity index (χ0v) is 14.5. The molecular formula is C19H25N5O. The van der Waals surface area contributed by atoms with Gasteiger partial charge in [-0.1, -0.05) is 37.1 Å². The molecule has 0 bridgehead atoms. The van der Waals surface area contributed by atoms with E-state index in [9.17, 15) is 4.79 Å². The predicted molar refractivity (Wildman–Crippen MR) is 94.9 cm³/mol. The summed E-state index contributed by atoms with van der Waals surface area (Å²) in [6.07, 6.45) is 10.4. The predicted octanol–water partition coefficient (Wildman–Crippen LogP) is 2.94. The van der Waals surface area contributed by atoms with E-state index in [0.29, 0.717) is 25.2 Å². The van der Waals surface area contributed by atoms with Gasteiger partial charge in [-0.15, -0.1) is 0 Å². The van der Waals surface area contributed by atoms with Crippen LogP contribution < -0.4 is 5.32 Å². The minimum Gasteiger partial charge on any atom is -0.334 e. The number of hydrogen-bond acceptors (Lipinski definition) is 3. The second-order valence-corrected chi connectivity index (χ2v) is 7.14.